The van der Waals surface area contributed by atoms with E-state index in [2.05, 4.69) is 0 Å². The first-order valence-electron chi connectivity index (χ1n) is 2.95. The Morgan fingerprint density at radius 3 is 2.75 bits per heavy atom. The van der Waals surface area contributed by atoms with Crippen molar-refractivity contribution in [1.29, 1.82) is 0 Å². The number of hydrogen-bond donors (Lipinski definition) is 1. The Balaban J connectivity index is 2.40. The standard InChI is InChI=1S/C6H12O2/c1-6(4-7)2-3-8-5-6/h7H,2-5H2,1H3/t6-/m0/s1. The summed E-state index contributed by atoms with van der Waals surface area (Å²) in [6, 6.07) is 0. The maximum absolute atomic E-state index is 8.75. The van der Waals surface area contributed by atoms with Gasteiger partial charge in [0.05, 0.1) is 13.2 Å². The molecule has 0 unspecified atom stereocenters. The largest absolute Gasteiger partial charge is 0.396 e. The van der Waals surface area contributed by atoms with Crippen molar-refractivity contribution in [2.75, 3.05) is 19.8 Å². The highest BCUT2D eigenvalue weighted by atomic mass is 16.5. The third kappa shape index (κ3) is 1.01. The summed E-state index contributed by atoms with van der Waals surface area (Å²) in [5.74, 6) is 0. The second kappa shape index (κ2) is 2.03. The van der Waals surface area contributed by atoms with E-state index in [0.29, 0.717) is 0 Å². The topological polar surface area (TPSA) is 29.5 Å². The van der Waals surface area contributed by atoms with Crippen LogP contribution in [0.15, 0.2) is 0 Å². The molecular weight excluding hydrogens is 104 g/mol. The Morgan fingerprint density at radius 2 is 2.50 bits per heavy atom. The molecule has 0 bridgehead atoms. The zero-order valence-electron chi connectivity index (χ0n) is 5.18. The van der Waals surface area contributed by atoms with Crippen molar-refractivity contribution in [1.82, 2.24) is 0 Å². The highest BCUT2D eigenvalue weighted by molar-refractivity contribution is 4.76. The van der Waals surface area contributed by atoms with Crippen molar-refractivity contribution in [3.8, 4) is 0 Å². The fourth-order valence-electron chi connectivity index (χ4n) is 0.834. The van der Waals surface area contributed by atoms with Crippen LogP contribution in [0.2, 0.25) is 0 Å². The van der Waals surface area contributed by atoms with Gasteiger partial charge < -0.3 is 9.84 Å². The normalized spacial score (nSPS) is 38.2. The molecule has 48 valence electrons. The van der Waals surface area contributed by atoms with Crippen molar-refractivity contribution < 1.29 is 9.84 Å². The molecule has 1 atom stereocenters. The number of ether oxygens (including phenoxy) is 1. The van der Waals surface area contributed by atoms with Crippen LogP contribution in [-0.4, -0.2) is 24.9 Å². The van der Waals surface area contributed by atoms with E-state index in [1.165, 1.54) is 0 Å². The lowest BCUT2D eigenvalue weighted by molar-refractivity contribution is 0.107. The van der Waals surface area contributed by atoms with Gasteiger partial charge in [-0.2, -0.15) is 0 Å². The lowest BCUT2D eigenvalue weighted by Gasteiger charge is -2.16. The second-order valence-electron chi connectivity index (χ2n) is 2.77. The molecule has 1 N–H and O–H groups in total. The highest BCUT2D eigenvalue weighted by Gasteiger charge is 2.28. The van der Waals surface area contributed by atoms with Crippen LogP contribution in [0.5, 0.6) is 0 Å². The van der Waals surface area contributed by atoms with Crippen molar-refractivity contribution >= 4 is 0 Å². The third-order valence-electron chi connectivity index (χ3n) is 1.68. The molecule has 0 aromatic heterocycles. The van der Waals surface area contributed by atoms with Gasteiger partial charge in [-0.15, -0.1) is 0 Å². The molecule has 0 aliphatic carbocycles. The Bertz CT molecular complexity index is 74.6. The predicted molar refractivity (Wildman–Crippen MR) is 30.6 cm³/mol. The van der Waals surface area contributed by atoms with Gasteiger partial charge in [0.25, 0.3) is 0 Å². The smallest absolute Gasteiger partial charge is 0.0542 e. The Morgan fingerprint density at radius 1 is 1.75 bits per heavy atom. The third-order valence-corrected chi connectivity index (χ3v) is 1.68. The van der Waals surface area contributed by atoms with E-state index in [1.54, 1.807) is 0 Å². The van der Waals surface area contributed by atoms with Crippen LogP contribution in [0.3, 0.4) is 0 Å². The monoisotopic (exact) mass is 116 g/mol. The van der Waals surface area contributed by atoms with Crippen LogP contribution in [0.25, 0.3) is 0 Å². The first-order valence-corrected chi connectivity index (χ1v) is 2.95. The number of hydrogen-bond acceptors (Lipinski definition) is 2. The summed E-state index contributed by atoms with van der Waals surface area (Å²) in [5.41, 5.74) is 0.0694. The Labute approximate surface area is 49.5 Å². The summed E-state index contributed by atoms with van der Waals surface area (Å²) in [5, 5.41) is 8.75. The van der Waals surface area contributed by atoms with E-state index in [-0.39, 0.29) is 12.0 Å². The minimum Gasteiger partial charge on any atom is -0.396 e. The molecule has 1 saturated heterocycles. The predicted octanol–water partition coefficient (Wildman–Crippen LogP) is 0.405. The van der Waals surface area contributed by atoms with Crippen LogP contribution in [0, 0.1) is 5.41 Å². The molecule has 0 radical (unpaired) electrons. The van der Waals surface area contributed by atoms with Crippen molar-refractivity contribution in [3.63, 3.8) is 0 Å². The van der Waals surface area contributed by atoms with Gasteiger partial charge >= 0.3 is 0 Å². The maximum Gasteiger partial charge on any atom is 0.0542 e. The molecular formula is C6H12O2. The van der Waals surface area contributed by atoms with Crippen LogP contribution in [0.4, 0.5) is 0 Å². The van der Waals surface area contributed by atoms with Crippen molar-refractivity contribution in [2.24, 2.45) is 5.41 Å². The van der Waals surface area contributed by atoms with Gasteiger partial charge in [0, 0.05) is 12.0 Å². The SMILES string of the molecule is C[C@@]1(CO)CCOC1. The Hall–Kier alpha value is -0.0800. The summed E-state index contributed by atoms with van der Waals surface area (Å²) >= 11 is 0. The van der Waals surface area contributed by atoms with E-state index >= 15 is 0 Å². The maximum atomic E-state index is 8.75. The lowest BCUT2D eigenvalue weighted by Crippen LogP contribution is -2.20. The summed E-state index contributed by atoms with van der Waals surface area (Å²) < 4.78 is 5.09. The molecule has 2 nitrogen and oxygen atoms in total. The first kappa shape index (κ1) is 6.05. The van der Waals surface area contributed by atoms with Gasteiger partial charge in [-0.3, -0.25) is 0 Å². The van der Waals surface area contributed by atoms with E-state index in [9.17, 15) is 0 Å². The number of aliphatic hydroxyl groups is 1. The van der Waals surface area contributed by atoms with Gasteiger partial charge in [-0.25, -0.2) is 0 Å². The van der Waals surface area contributed by atoms with Crippen molar-refractivity contribution in [2.45, 2.75) is 13.3 Å². The molecule has 1 rings (SSSR count). The summed E-state index contributed by atoms with van der Waals surface area (Å²) in [6.45, 7) is 3.84. The van der Waals surface area contributed by atoms with Crippen molar-refractivity contribution in [3.05, 3.63) is 0 Å². The van der Waals surface area contributed by atoms with Gasteiger partial charge in [0.2, 0.25) is 0 Å². The minimum absolute atomic E-state index is 0.0694. The quantitative estimate of drug-likeness (QED) is 0.537. The van der Waals surface area contributed by atoms with Gasteiger partial charge in [-0.1, -0.05) is 6.92 Å². The zero-order valence-corrected chi connectivity index (χ0v) is 5.18. The molecule has 2 heteroatoms. The first-order chi connectivity index (χ1) is 3.77. The average Bonchev–Trinajstić information content (AvgIpc) is 2.17. The molecule has 1 aliphatic heterocycles. The van der Waals surface area contributed by atoms with E-state index in [1.807, 2.05) is 6.92 Å². The van der Waals surface area contributed by atoms with Gasteiger partial charge in [0.1, 0.15) is 0 Å². The van der Waals surface area contributed by atoms with E-state index < -0.39 is 0 Å². The molecule has 0 saturated carbocycles. The molecule has 8 heavy (non-hydrogen) atoms. The van der Waals surface area contributed by atoms with Crippen LogP contribution < -0.4 is 0 Å². The summed E-state index contributed by atoms with van der Waals surface area (Å²) in [4.78, 5) is 0. The highest BCUT2D eigenvalue weighted by Crippen LogP contribution is 2.26. The molecule has 0 aromatic carbocycles. The van der Waals surface area contributed by atoms with Crippen LogP contribution in [0.1, 0.15) is 13.3 Å². The fourth-order valence-corrected chi connectivity index (χ4v) is 0.834. The molecule has 1 aliphatic rings. The van der Waals surface area contributed by atoms with E-state index in [4.69, 9.17) is 9.84 Å². The van der Waals surface area contributed by atoms with Gasteiger partial charge in [-0.05, 0) is 6.42 Å². The lowest BCUT2D eigenvalue weighted by atomic mass is 9.92. The minimum atomic E-state index is 0.0694. The average molecular weight is 116 g/mol. The molecule has 0 spiro atoms. The van der Waals surface area contributed by atoms with Crippen LogP contribution >= 0.6 is 0 Å². The summed E-state index contributed by atoms with van der Waals surface area (Å²) in [7, 11) is 0. The molecule has 0 aromatic rings. The fraction of sp³-hybridized carbons (Fsp3) is 1.00. The second-order valence-corrected chi connectivity index (χ2v) is 2.77. The molecule has 0 amide bonds. The number of aliphatic hydroxyl groups excluding tert-OH is 1. The number of rotatable bonds is 1. The van der Waals surface area contributed by atoms with Crippen LogP contribution in [-0.2, 0) is 4.74 Å². The Kier molecular flexibility index (Phi) is 1.54. The molecule has 1 heterocycles. The summed E-state index contributed by atoms with van der Waals surface area (Å²) in [6.07, 6.45) is 1.00. The van der Waals surface area contributed by atoms with E-state index in [0.717, 1.165) is 19.6 Å². The van der Waals surface area contributed by atoms with Gasteiger partial charge in [0.15, 0.2) is 0 Å². The molecule has 1 fully saturated rings. The zero-order chi connectivity index (χ0) is 6.04.